The normalized spacial score (nSPS) is 9.67. The van der Waals surface area contributed by atoms with Crippen LogP contribution in [-0.2, 0) is 0 Å². The predicted octanol–water partition coefficient (Wildman–Crippen LogP) is 3.21. The van der Waals surface area contributed by atoms with Crippen molar-refractivity contribution in [3.05, 3.63) is 64.2 Å². The van der Waals surface area contributed by atoms with Crippen molar-refractivity contribution in [3.8, 4) is 11.8 Å². The topological polar surface area (TPSA) is 55.1 Å². The van der Waals surface area contributed by atoms with Gasteiger partial charge in [0, 0.05) is 16.8 Å². The number of nitrogens with two attached hydrogens (primary N) is 1. The van der Waals surface area contributed by atoms with Gasteiger partial charge in [-0.3, -0.25) is 4.79 Å². The summed E-state index contributed by atoms with van der Waals surface area (Å²) in [4.78, 5) is 12.2. The van der Waals surface area contributed by atoms with Gasteiger partial charge in [0.2, 0.25) is 0 Å². The van der Waals surface area contributed by atoms with Crippen molar-refractivity contribution in [3.63, 3.8) is 0 Å². The number of hydrogen-bond acceptors (Lipinski definition) is 2. The molecule has 21 heavy (non-hydrogen) atoms. The van der Waals surface area contributed by atoms with E-state index in [0.717, 1.165) is 11.3 Å². The molecule has 2 aromatic rings. The maximum absolute atomic E-state index is 12.2. The van der Waals surface area contributed by atoms with Gasteiger partial charge >= 0.3 is 0 Å². The molecular formula is C17H15ClN2O. The molecule has 0 radical (unpaired) electrons. The molecule has 0 fully saturated rings. The number of hydrogen-bond donors (Lipinski definition) is 2. The lowest BCUT2D eigenvalue weighted by Crippen LogP contribution is -2.11. The molecule has 3 N–H and O–H groups in total. The van der Waals surface area contributed by atoms with Crippen LogP contribution in [0.2, 0.25) is 5.02 Å². The Balaban J connectivity index is 2.16. The van der Waals surface area contributed by atoms with E-state index in [9.17, 15) is 4.79 Å². The summed E-state index contributed by atoms with van der Waals surface area (Å²) in [5, 5.41) is 3.26. The minimum Gasteiger partial charge on any atom is -0.322 e. The van der Waals surface area contributed by atoms with Crippen LogP contribution < -0.4 is 11.1 Å². The van der Waals surface area contributed by atoms with Gasteiger partial charge in [-0.2, -0.15) is 0 Å². The smallest absolute Gasteiger partial charge is 0.255 e. The second-order valence-electron chi connectivity index (χ2n) is 4.52. The van der Waals surface area contributed by atoms with E-state index in [0.29, 0.717) is 16.1 Å². The fraction of sp³-hybridized carbons (Fsp3) is 0.118. The second-order valence-corrected chi connectivity index (χ2v) is 4.93. The molecule has 0 unspecified atom stereocenters. The van der Waals surface area contributed by atoms with Gasteiger partial charge in [0.1, 0.15) is 0 Å². The van der Waals surface area contributed by atoms with Gasteiger partial charge < -0.3 is 11.1 Å². The number of carbonyl (C=O) groups excluding carboxylic acids is 1. The summed E-state index contributed by atoms with van der Waals surface area (Å²) < 4.78 is 0. The van der Waals surface area contributed by atoms with Gasteiger partial charge in [-0.05, 0) is 37.3 Å². The van der Waals surface area contributed by atoms with E-state index in [2.05, 4.69) is 17.2 Å². The maximum atomic E-state index is 12.2. The number of halogens is 1. The molecule has 1 amide bonds. The summed E-state index contributed by atoms with van der Waals surface area (Å²) in [7, 11) is 0. The summed E-state index contributed by atoms with van der Waals surface area (Å²) in [6.07, 6.45) is 0. The quantitative estimate of drug-likeness (QED) is 0.837. The minimum atomic E-state index is -0.209. The number of rotatable bonds is 2. The van der Waals surface area contributed by atoms with Crippen molar-refractivity contribution in [2.75, 3.05) is 11.9 Å². The third-order valence-corrected chi connectivity index (χ3v) is 3.18. The van der Waals surface area contributed by atoms with Gasteiger partial charge in [0.25, 0.3) is 5.91 Å². The van der Waals surface area contributed by atoms with Crippen molar-refractivity contribution >= 4 is 23.2 Å². The summed E-state index contributed by atoms with van der Waals surface area (Å²) in [5.41, 5.74) is 8.35. The molecule has 106 valence electrons. The van der Waals surface area contributed by atoms with Gasteiger partial charge in [-0.25, -0.2) is 0 Å². The fourth-order valence-corrected chi connectivity index (χ4v) is 1.97. The molecule has 0 bridgehead atoms. The fourth-order valence-electron chi connectivity index (χ4n) is 1.74. The number of amides is 1. The number of benzene rings is 2. The van der Waals surface area contributed by atoms with Crippen LogP contribution in [0.1, 0.15) is 21.5 Å². The number of nitrogens with one attached hydrogen (secondary N) is 1. The van der Waals surface area contributed by atoms with Gasteiger partial charge in [0.15, 0.2) is 0 Å². The van der Waals surface area contributed by atoms with Crippen molar-refractivity contribution in [1.29, 1.82) is 0 Å². The molecule has 3 nitrogen and oxygen atoms in total. The van der Waals surface area contributed by atoms with Gasteiger partial charge in [0.05, 0.1) is 11.6 Å². The lowest BCUT2D eigenvalue weighted by Gasteiger charge is -2.06. The molecule has 2 aromatic carbocycles. The Morgan fingerprint density at radius 2 is 1.95 bits per heavy atom. The monoisotopic (exact) mass is 298 g/mol. The summed E-state index contributed by atoms with van der Waals surface area (Å²) in [5.74, 6) is 5.38. The molecule has 0 saturated heterocycles. The van der Waals surface area contributed by atoms with Crippen LogP contribution >= 0.6 is 11.6 Å². The van der Waals surface area contributed by atoms with Crippen LogP contribution in [0.4, 0.5) is 5.69 Å². The number of carbonyl (C=O) groups is 1. The minimum absolute atomic E-state index is 0.209. The molecule has 0 atom stereocenters. The number of anilines is 1. The Hall–Kier alpha value is -2.28. The van der Waals surface area contributed by atoms with Crippen LogP contribution in [-0.4, -0.2) is 12.5 Å². The molecule has 0 aliphatic carbocycles. The Morgan fingerprint density at radius 1 is 1.24 bits per heavy atom. The van der Waals surface area contributed by atoms with E-state index >= 15 is 0 Å². The summed E-state index contributed by atoms with van der Waals surface area (Å²) in [6.45, 7) is 2.26. The van der Waals surface area contributed by atoms with E-state index < -0.39 is 0 Å². The largest absolute Gasteiger partial charge is 0.322 e. The second kappa shape index (κ2) is 6.94. The zero-order valence-corrected chi connectivity index (χ0v) is 12.4. The molecule has 2 rings (SSSR count). The number of aryl methyl sites for hydroxylation is 1. The lowest BCUT2D eigenvalue weighted by molar-refractivity contribution is 0.102. The molecule has 0 aliphatic heterocycles. The molecular weight excluding hydrogens is 284 g/mol. The summed E-state index contributed by atoms with van der Waals surface area (Å²) in [6, 6.07) is 12.6. The predicted molar refractivity (Wildman–Crippen MR) is 86.5 cm³/mol. The highest BCUT2D eigenvalue weighted by Gasteiger charge is 2.08. The van der Waals surface area contributed by atoms with Crippen LogP contribution in [0.3, 0.4) is 0 Å². The molecule has 0 saturated carbocycles. The first kappa shape index (κ1) is 15.1. The van der Waals surface area contributed by atoms with Crippen LogP contribution in [0.15, 0.2) is 42.5 Å². The van der Waals surface area contributed by atoms with E-state index in [-0.39, 0.29) is 12.5 Å². The first-order chi connectivity index (χ1) is 10.1. The van der Waals surface area contributed by atoms with Crippen LogP contribution in [0, 0.1) is 18.8 Å². The van der Waals surface area contributed by atoms with Crippen molar-refractivity contribution in [2.24, 2.45) is 5.73 Å². The van der Waals surface area contributed by atoms with E-state index in [1.165, 1.54) is 0 Å². The Labute approximate surface area is 129 Å². The van der Waals surface area contributed by atoms with Gasteiger partial charge in [-0.1, -0.05) is 41.1 Å². The third kappa shape index (κ3) is 4.09. The molecule has 0 aliphatic rings. The summed E-state index contributed by atoms with van der Waals surface area (Å²) >= 11 is 6.11. The molecule has 4 heteroatoms. The first-order valence-electron chi connectivity index (χ1n) is 6.46. The Kier molecular flexibility index (Phi) is 4.99. The van der Waals surface area contributed by atoms with Gasteiger partial charge in [-0.15, -0.1) is 0 Å². The molecule has 0 spiro atoms. The lowest BCUT2D eigenvalue weighted by atomic mass is 10.1. The van der Waals surface area contributed by atoms with Crippen molar-refractivity contribution in [1.82, 2.24) is 0 Å². The Morgan fingerprint density at radius 3 is 2.57 bits per heavy atom. The standard InChI is InChI=1S/C17H15ClN2O/c1-12-4-8-15(9-5-12)20-17(21)14-7-6-13(3-2-10-19)16(18)11-14/h4-9,11H,10,19H2,1H3,(H,20,21). The average molecular weight is 299 g/mol. The SMILES string of the molecule is Cc1ccc(NC(=O)c2ccc(C#CCN)c(Cl)c2)cc1. The van der Waals surface area contributed by atoms with E-state index in [4.69, 9.17) is 17.3 Å². The Bertz CT molecular complexity index is 712. The average Bonchev–Trinajstić information content (AvgIpc) is 2.48. The third-order valence-electron chi connectivity index (χ3n) is 2.87. The zero-order valence-electron chi connectivity index (χ0n) is 11.6. The highest BCUT2D eigenvalue weighted by molar-refractivity contribution is 6.32. The molecule has 0 aromatic heterocycles. The zero-order chi connectivity index (χ0) is 15.2. The van der Waals surface area contributed by atoms with Crippen molar-refractivity contribution in [2.45, 2.75) is 6.92 Å². The van der Waals surface area contributed by atoms with Crippen LogP contribution in [0.25, 0.3) is 0 Å². The van der Waals surface area contributed by atoms with Crippen molar-refractivity contribution < 1.29 is 4.79 Å². The highest BCUT2D eigenvalue weighted by Crippen LogP contribution is 2.18. The highest BCUT2D eigenvalue weighted by atomic mass is 35.5. The molecule has 0 heterocycles. The van der Waals surface area contributed by atoms with E-state index in [1.54, 1.807) is 18.2 Å². The van der Waals surface area contributed by atoms with E-state index in [1.807, 2.05) is 31.2 Å². The maximum Gasteiger partial charge on any atom is 0.255 e. The van der Waals surface area contributed by atoms with Crippen LogP contribution in [0.5, 0.6) is 0 Å². The first-order valence-corrected chi connectivity index (χ1v) is 6.84.